The van der Waals surface area contributed by atoms with Crippen molar-refractivity contribution in [3.8, 4) is 12.3 Å². The van der Waals surface area contributed by atoms with Crippen LogP contribution in [0.5, 0.6) is 0 Å². The van der Waals surface area contributed by atoms with Crippen LogP contribution < -0.4 is 0 Å². The summed E-state index contributed by atoms with van der Waals surface area (Å²) in [6, 6.07) is 6.16. The van der Waals surface area contributed by atoms with Gasteiger partial charge >= 0.3 is 0 Å². The monoisotopic (exact) mass is 171 g/mol. The van der Waals surface area contributed by atoms with Crippen molar-refractivity contribution in [3.05, 3.63) is 40.8 Å². The molecule has 0 aliphatic heterocycles. The molecule has 0 heteroatoms. The van der Waals surface area contributed by atoms with E-state index < -0.39 is 0 Å². The SMILES string of the molecule is C#Cc1cccc([C](C)C)c1CC. The fourth-order valence-electron chi connectivity index (χ4n) is 1.57. The molecule has 1 rings (SSSR count). The van der Waals surface area contributed by atoms with Crippen LogP contribution in [0.1, 0.15) is 37.5 Å². The van der Waals surface area contributed by atoms with E-state index in [1.165, 1.54) is 17.0 Å². The minimum absolute atomic E-state index is 1.00. The van der Waals surface area contributed by atoms with Crippen molar-refractivity contribution in [1.29, 1.82) is 0 Å². The van der Waals surface area contributed by atoms with Crippen LogP contribution in [0, 0.1) is 18.3 Å². The average molecular weight is 171 g/mol. The number of rotatable bonds is 2. The van der Waals surface area contributed by atoms with Gasteiger partial charge in [-0.15, -0.1) is 6.42 Å². The third-order valence-electron chi connectivity index (χ3n) is 2.22. The van der Waals surface area contributed by atoms with Crippen molar-refractivity contribution in [1.82, 2.24) is 0 Å². The second-order valence-electron chi connectivity index (χ2n) is 3.33. The van der Waals surface area contributed by atoms with E-state index in [1.807, 2.05) is 12.1 Å². The van der Waals surface area contributed by atoms with E-state index >= 15 is 0 Å². The number of terminal acetylenes is 1. The van der Waals surface area contributed by atoms with Gasteiger partial charge in [-0.2, -0.15) is 0 Å². The van der Waals surface area contributed by atoms with Gasteiger partial charge in [-0.3, -0.25) is 0 Å². The molecule has 0 spiro atoms. The Morgan fingerprint density at radius 3 is 2.54 bits per heavy atom. The van der Waals surface area contributed by atoms with E-state index in [0.717, 1.165) is 12.0 Å². The Bertz CT molecular complexity index is 326. The van der Waals surface area contributed by atoms with Crippen LogP contribution in [0.3, 0.4) is 0 Å². The molecule has 0 fully saturated rings. The van der Waals surface area contributed by atoms with Crippen molar-refractivity contribution >= 4 is 0 Å². The fraction of sp³-hybridized carbons (Fsp3) is 0.308. The summed E-state index contributed by atoms with van der Waals surface area (Å²) in [5, 5.41) is 0. The highest BCUT2D eigenvalue weighted by molar-refractivity contribution is 5.48. The van der Waals surface area contributed by atoms with E-state index in [4.69, 9.17) is 6.42 Å². The Morgan fingerprint density at radius 2 is 2.08 bits per heavy atom. The number of benzene rings is 1. The van der Waals surface area contributed by atoms with Crippen LogP contribution in [-0.4, -0.2) is 0 Å². The first-order valence-corrected chi connectivity index (χ1v) is 4.59. The molecule has 0 amide bonds. The maximum absolute atomic E-state index is 5.44. The van der Waals surface area contributed by atoms with Gasteiger partial charge in [0.05, 0.1) is 0 Å². The molecule has 0 saturated carbocycles. The van der Waals surface area contributed by atoms with Crippen LogP contribution in [0.25, 0.3) is 0 Å². The van der Waals surface area contributed by atoms with Gasteiger partial charge in [-0.25, -0.2) is 0 Å². The standard InChI is InChI=1S/C13H15/c1-5-11-8-7-9-13(10(3)4)12(11)6-2/h1,7-9H,6H2,2-4H3. The molecule has 1 aromatic carbocycles. The summed E-state index contributed by atoms with van der Waals surface area (Å²) >= 11 is 0. The van der Waals surface area contributed by atoms with Gasteiger partial charge in [0.15, 0.2) is 0 Å². The van der Waals surface area contributed by atoms with E-state index in [2.05, 4.69) is 32.8 Å². The Kier molecular flexibility index (Phi) is 3.14. The average Bonchev–Trinajstić information content (AvgIpc) is 2.16. The lowest BCUT2D eigenvalue weighted by Gasteiger charge is -2.12. The molecule has 67 valence electrons. The molecule has 0 aliphatic rings. The molecule has 1 radical (unpaired) electrons. The first-order chi connectivity index (χ1) is 6.20. The summed E-state index contributed by atoms with van der Waals surface area (Å²) in [6.45, 7) is 6.38. The highest BCUT2D eigenvalue weighted by Gasteiger charge is 2.07. The highest BCUT2D eigenvalue weighted by atomic mass is 14.1. The zero-order valence-corrected chi connectivity index (χ0v) is 8.52. The zero-order chi connectivity index (χ0) is 9.84. The predicted octanol–water partition coefficient (Wildman–Crippen LogP) is 3.19. The summed E-state index contributed by atoms with van der Waals surface area (Å²) < 4.78 is 0. The third-order valence-corrected chi connectivity index (χ3v) is 2.22. The summed E-state index contributed by atoms with van der Waals surface area (Å²) in [7, 11) is 0. The van der Waals surface area contributed by atoms with Gasteiger partial charge in [0.25, 0.3) is 0 Å². The molecular weight excluding hydrogens is 156 g/mol. The molecule has 0 aliphatic carbocycles. The van der Waals surface area contributed by atoms with Crippen LogP contribution in [0.4, 0.5) is 0 Å². The molecule has 0 atom stereocenters. The smallest absolute Gasteiger partial charge is 0.0277 e. The predicted molar refractivity (Wildman–Crippen MR) is 57.4 cm³/mol. The van der Waals surface area contributed by atoms with Crippen molar-refractivity contribution in [2.75, 3.05) is 0 Å². The lowest BCUT2D eigenvalue weighted by atomic mass is 9.92. The molecule has 13 heavy (non-hydrogen) atoms. The molecule has 0 saturated heterocycles. The van der Waals surface area contributed by atoms with Gasteiger partial charge in [0, 0.05) is 5.56 Å². The van der Waals surface area contributed by atoms with Gasteiger partial charge in [-0.05, 0) is 29.5 Å². The molecule has 0 unspecified atom stereocenters. The third kappa shape index (κ3) is 1.92. The van der Waals surface area contributed by atoms with Crippen LogP contribution in [0.15, 0.2) is 18.2 Å². The van der Waals surface area contributed by atoms with Crippen molar-refractivity contribution in [3.63, 3.8) is 0 Å². The first kappa shape index (κ1) is 9.86. The van der Waals surface area contributed by atoms with Crippen LogP contribution >= 0.6 is 0 Å². The van der Waals surface area contributed by atoms with Gasteiger partial charge in [-0.1, -0.05) is 38.8 Å². The Morgan fingerprint density at radius 1 is 1.38 bits per heavy atom. The molecule has 1 aromatic rings. The van der Waals surface area contributed by atoms with Gasteiger partial charge in [0.2, 0.25) is 0 Å². The molecule has 0 bridgehead atoms. The Labute approximate surface area is 81.0 Å². The van der Waals surface area contributed by atoms with Crippen LogP contribution in [0.2, 0.25) is 0 Å². The van der Waals surface area contributed by atoms with E-state index in [9.17, 15) is 0 Å². The number of hydrogen-bond acceptors (Lipinski definition) is 0. The molecule has 0 aromatic heterocycles. The van der Waals surface area contributed by atoms with E-state index in [0.29, 0.717) is 0 Å². The second kappa shape index (κ2) is 4.14. The number of hydrogen-bond donors (Lipinski definition) is 0. The fourth-order valence-corrected chi connectivity index (χ4v) is 1.57. The topological polar surface area (TPSA) is 0 Å². The first-order valence-electron chi connectivity index (χ1n) is 4.59. The summed E-state index contributed by atoms with van der Waals surface area (Å²) in [5.41, 5.74) is 3.63. The Balaban J connectivity index is 3.29. The van der Waals surface area contributed by atoms with Crippen LogP contribution in [-0.2, 0) is 6.42 Å². The molecule has 0 nitrogen and oxygen atoms in total. The maximum Gasteiger partial charge on any atom is 0.0277 e. The largest absolute Gasteiger partial charge is 0.115 e. The Hall–Kier alpha value is -1.22. The van der Waals surface area contributed by atoms with E-state index in [-0.39, 0.29) is 0 Å². The lowest BCUT2D eigenvalue weighted by molar-refractivity contribution is 1.05. The lowest BCUT2D eigenvalue weighted by Crippen LogP contribution is -1.98. The molecule has 0 heterocycles. The summed E-state index contributed by atoms with van der Waals surface area (Å²) in [6.07, 6.45) is 6.44. The quantitative estimate of drug-likeness (QED) is 0.599. The maximum atomic E-state index is 5.44. The van der Waals surface area contributed by atoms with Gasteiger partial charge < -0.3 is 0 Å². The van der Waals surface area contributed by atoms with Crippen molar-refractivity contribution in [2.45, 2.75) is 27.2 Å². The second-order valence-corrected chi connectivity index (χ2v) is 3.33. The summed E-state index contributed by atoms with van der Waals surface area (Å²) in [5.74, 6) is 4.06. The van der Waals surface area contributed by atoms with E-state index in [1.54, 1.807) is 0 Å². The zero-order valence-electron chi connectivity index (χ0n) is 8.52. The molecule has 0 N–H and O–H groups in total. The van der Waals surface area contributed by atoms with Crippen molar-refractivity contribution < 1.29 is 0 Å². The summed E-state index contributed by atoms with van der Waals surface area (Å²) in [4.78, 5) is 0. The minimum Gasteiger partial charge on any atom is -0.115 e. The minimum atomic E-state index is 1.00. The van der Waals surface area contributed by atoms with Crippen molar-refractivity contribution in [2.24, 2.45) is 0 Å². The molecular formula is C13H15. The highest BCUT2D eigenvalue weighted by Crippen LogP contribution is 2.21. The normalized spacial score (nSPS) is 10.1. The van der Waals surface area contributed by atoms with Gasteiger partial charge in [0.1, 0.15) is 0 Å².